The van der Waals surface area contributed by atoms with Gasteiger partial charge in [0.05, 0.1) is 13.2 Å². The summed E-state index contributed by atoms with van der Waals surface area (Å²) in [4.78, 5) is 2.16. The number of nitrogens with zero attached hydrogens (tertiary/aromatic N) is 1. The van der Waals surface area contributed by atoms with Crippen molar-refractivity contribution in [3.8, 4) is 0 Å². The highest BCUT2D eigenvalue weighted by Gasteiger charge is 2.33. The van der Waals surface area contributed by atoms with Crippen LogP contribution in [0.15, 0.2) is 22.6 Å². The van der Waals surface area contributed by atoms with Crippen LogP contribution >= 0.6 is 0 Å². The molecule has 2 N–H and O–H groups in total. The van der Waals surface area contributed by atoms with Crippen LogP contribution in [0.1, 0.15) is 29.7 Å². The number of aryl methyl sites for hydroxylation is 2. The van der Waals surface area contributed by atoms with Crippen molar-refractivity contribution in [2.45, 2.75) is 38.8 Å². The van der Waals surface area contributed by atoms with Crippen LogP contribution in [0.5, 0.6) is 0 Å². The molecule has 114 valence electrons. The fourth-order valence-corrected chi connectivity index (χ4v) is 3.21. The molecule has 2 aromatic rings. The van der Waals surface area contributed by atoms with E-state index in [0.29, 0.717) is 19.5 Å². The molecule has 1 saturated heterocycles. The van der Waals surface area contributed by atoms with Gasteiger partial charge in [0.25, 0.3) is 0 Å². The lowest BCUT2D eigenvalue weighted by molar-refractivity contribution is -0.0697. The van der Waals surface area contributed by atoms with E-state index >= 15 is 0 Å². The molecule has 1 aromatic carbocycles. The molecule has 0 unspecified atom stereocenters. The Morgan fingerprint density at radius 3 is 2.90 bits per heavy atom. The van der Waals surface area contributed by atoms with Crippen molar-refractivity contribution in [1.82, 2.24) is 4.90 Å². The quantitative estimate of drug-likeness (QED) is 0.911. The molecule has 1 atom stereocenters. The Morgan fingerprint density at radius 2 is 2.14 bits per heavy atom. The van der Waals surface area contributed by atoms with E-state index in [2.05, 4.69) is 30.9 Å². The number of hydrogen-bond donors (Lipinski definition) is 2. The molecule has 1 aliphatic rings. The molecule has 3 rings (SSSR count). The molecule has 0 aliphatic carbocycles. The Labute approximate surface area is 125 Å². The van der Waals surface area contributed by atoms with Gasteiger partial charge in [0, 0.05) is 11.9 Å². The lowest BCUT2D eigenvalue weighted by Gasteiger charge is -2.37. The van der Waals surface area contributed by atoms with Crippen molar-refractivity contribution >= 4 is 11.0 Å². The van der Waals surface area contributed by atoms with Gasteiger partial charge < -0.3 is 14.6 Å². The van der Waals surface area contributed by atoms with E-state index in [0.717, 1.165) is 24.3 Å². The van der Waals surface area contributed by atoms with E-state index in [-0.39, 0.29) is 6.61 Å². The van der Waals surface area contributed by atoms with E-state index in [9.17, 15) is 10.2 Å². The largest absolute Gasteiger partial charge is 0.459 e. The number of rotatable bonds is 3. The van der Waals surface area contributed by atoms with Crippen molar-refractivity contribution in [2.75, 3.05) is 19.7 Å². The van der Waals surface area contributed by atoms with Gasteiger partial charge in [0.2, 0.25) is 0 Å². The molecule has 1 fully saturated rings. The Bertz CT molecular complexity index is 649. The van der Waals surface area contributed by atoms with Gasteiger partial charge in [0.1, 0.15) is 16.9 Å². The highest BCUT2D eigenvalue weighted by atomic mass is 16.3. The minimum Gasteiger partial charge on any atom is -0.459 e. The van der Waals surface area contributed by atoms with Crippen LogP contribution in [0.4, 0.5) is 0 Å². The Kier molecular flexibility index (Phi) is 3.78. The third-order valence-corrected chi connectivity index (χ3v) is 4.49. The Hall–Kier alpha value is -1.36. The topological polar surface area (TPSA) is 56.8 Å². The van der Waals surface area contributed by atoms with E-state index in [4.69, 9.17) is 4.42 Å². The van der Waals surface area contributed by atoms with Crippen LogP contribution in [-0.4, -0.2) is 40.4 Å². The second-order valence-corrected chi connectivity index (χ2v) is 6.35. The fraction of sp³-hybridized carbons (Fsp3) is 0.529. The second kappa shape index (κ2) is 5.44. The first-order valence-electron chi connectivity index (χ1n) is 7.55. The molecule has 21 heavy (non-hydrogen) atoms. The van der Waals surface area contributed by atoms with E-state index < -0.39 is 5.60 Å². The molecule has 0 spiro atoms. The predicted molar refractivity (Wildman–Crippen MR) is 82.2 cm³/mol. The van der Waals surface area contributed by atoms with Gasteiger partial charge >= 0.3 is 0 Å². The summed E-state index contributed by atoms with van der Waals surface area (Å²) in [6.45, 7) is 6.10. The lowest BCUT2D eigenvalue weighted by Crippen LogP contribution is -2.50. The predicted octanol–water partition coefficient (Wildman–Crippen LogP) is 2.37. The SMILES string of the molecule is Cc1ccc2oc(CN3CCC[C@](O)(CO)C3)c(C)c2c1. The Balaban J connectivity index is 1.83. The summed E-state index contributed by atoms with van der Waals surface area (Å²) < 4.78 is 5.97. The molecular formula is C17H23NO3. The van der Waals surface area contributed by atoms with Crippen LogP contribution < -0.4 is 0 Å². The summed E-state index contributed by atoms with van der Waals surface area (Å²) in [6, 6.07) is 6.22. The molecular weight excluding hydrogens is 266 g/mol. The standard InChI is InChI=1S/C17H23NO3/c1-12-4-5-15-14(8-12)13(2)16(21-15)9-18-7-3-6-17(20,10-18)11-19/h4-5,8,19-20H,3,6-7,9-11H2,1-2H3/t17-/m1/s1. The van der Waals surface area contributed by atoms with Crippen LogP contribution in [0.2, 0.25) is 0 Å². The van der Waals surface area contributed by atoms with Crippen molar-refractivity contribution in [3.05, 3.63) is 35.1 Å². The molecule has 0 saturated carbocycles. The maximum Gasteiger partial charge on any atom is 0.134 e. The number of piperidine rings is 1. The Morgan fingerprint density at radius 1 is 1.33 bits per heavy atom. The lowest BCUT2D eigenvalue weighted by atomic mass is 9.93. The molecule has 1 aromatic heterocycles. The van der Waals surface area contributed by atoms with Crippen molar-refractivity contribution < 1.29 is 14.6 Å². The van der Waals surface area contributed by atoms with Crippen LogP contribution in [0, 0.1) is 13.8 Å². The average molecular weight is 289 g/mol. The summed E-state index contributed by atoms with van der Waals surface area (Å²) in [5.74, 6) is 0.956. The van der Waals surface area contributed by atoms with Gasteiger partial charge in [0.15, 0.2) is 0 Å². The average Bonchev–Trinajstić information content (AvgIpc) is 2.76. The number of aliphatic hydroxyl groups is 2. The van der Waals surface area contributed by atoms with Crippen molar-refractivity contribution in [3.63, 3.8) is 0 Å². The second-order valence-electron chi connectivity index (χ2n) is 6.35. The molecule has 4 nitrogen and oxygen atoms in total. The highest BCUT2D eigenvalue weighted by molar-refractivity contribution is 5.82. The first-order valence-corrected chi connectivity index (χ1v) is 7.55. The van der Waals surface area contributed by atoms with E-state index in [1.807, 2.05) is 6.07 Å². The zero-order valence-corrected chi connectivity index (χ0v) is 12.7. The normalized spacial score (nSPS) is 23.8. The number of benzene rings is 1. The van der Waals surface area contributed by atoms with Gasteiger partial charge in [-0.25, -0.2) is 0 Å². The maximum absolute atomic E-state index is 10.3. The van der Waals surface area contributed by atoms with E-state index in [1.165, 1.54) is 16.5 Å². The fourth-order valence-electron chi connectivity index (χ4n) is 3.21. The smallest absolute Gasteiger partial charge is 0.134 e. The highest BCUT2D eigenvalue weighted by Crippen LogP contribution is 2.29. The first kappa shape index (κ1) is 14.6. The number of fused-ring (bicyclic) bond motifs is 1. The summed E-state index contributed by atoms with van der Waals surface area (Å²) in [7, 11) is 0. The monoisotopic (exact) mass is 289 g/mol. The maximum atomic E-state index is 10.3. The van der Waals surface area contributed by atoms with Gasteiger partial charge in [-0.2, -0.15) is 0 Å². The summed E-state index contributed by atoms with van der Waals surface area (Å²) in [5, 5.41) is 20.8. The molecule has 4 heteroatoms. The van der Waals surface area contributed by atoms with Crippen molar-refractivity contribution in [2.24, 2.45) is 0 Å². The summed E-state index contributed by atoms with van der Waals surface area (Å²) >= 11 is 0. The first-order chi connectivity index (χ1) is 10.0. The molecule has 1 aliphatic heterocycles. The number of β-amino-alcohol motifs (C(OH)–C–C–N with tert-alkyl or cyclic N) is 1. The van der Waals surface area contributed by atoms with Gasteiger partial charge in [-0.15, -0.1) is 0 Å². The minimum absolute atomic E-state index is 0.179. The zero-order valence-electron chi connectivity index (χ0n) is 12.7. The molecule has 0 radical (unpaired) electrons. The van der Waals surface area contributed by atoms with Gasteiger partial charge in [-0.05, 0) is 50.9 Å². The molecule has 2 heterocycles. The summed E-state index contributed by atoms with van der Waals surface area (Å²) in [6.07, 6.45) is 1.56. The number of hydrogen-bond acceptors (Lipinski definition) is 4. The van der Waals surface area contributed by atoms with Gasteiger partial charge in [-0.1, -0.05) is 11.6 Å². The molecule has 0 amide bonds. The van der Waals surface area contributed by atoms with Crippen LogP contribution in [0.25, 0.3) is 11.0 Å². The number of aliphatic hydroxyl groups excluding tert-OH is 1. The van der Waals surface area contributed by atoms with E-state index in [1.54, 1.807) is 0 Å². The van der Waals surface area contributed by atoms with Gasteiger partial charge in [-0.3, -0.25) is 4.90 Å². The van der Waals surface area contributed by atoms with Crippen LogP contribution in [0.3, 0.4) is 0 Å². The van der Waals surface area contributed by atoms with Crippen molar-refractivity contribution in [1.29, 1.82) is 0 Å². The summed E-state index contributed by atoms with van der Waals surface area (Å²) in [5.41, 5.74) is 2.36. The zero-order chi connectivity index (χ0) is 15.0. The third-order valence-electron chi connectivity index (χ3n) is 4.49. The number of furan rings is 1. The molecule has 0 bridgehead atoms. The number of likely N-dealkylation sites (tertiary alicyclic amines) is 1. The van der Waals surface area contributed by atoms with Crippen LogP contribution in [-0.2, 0) is 6.54 Å². The minimum atomic E-state index is -0.964. The third kappa shape index (κ3) is 2.84.